The average molecular weight is 408 g/mol. The van der Waals surface area contributed by atoms with E-state index in [0.29, 0.717) is 12.2 Å². The fraction of sp³-hybridized carbons (Fsp3) is 0.294. The van der Waals surface area contributed by atoms with Gasteiger partial charge in [0.2, 0.25) is 0 Å². The highest BCUT2D eigenvalue weighted by Gasteiger charge is 2.05. The van der Waals surface area contributed by atoms with Gasteiger partial charge in [-0.3, -0.25) is 15.2 Å². The maximum atomic E-state index is 11.8. The summed E-state index contributed by atoms with van der Waals surface area (Å²) in [5, 5.41) is 0. The number of carbonyl (C=O) groups is 1. The zero-order valence-corrected chi connectivity index (χ0v) is 16.7. The number of rotatable bonds is 7. The lowest BCUT2D eigenvalue weighted by atomic mass is 10.2. The number of pyridine rings is 1. The Morgan fingerprint density at radius 1 is 1.00 bits per heavy atom. The summed E-state index contributed by atoms with van der Waals surface area (Å²) in [6.45, 7) is 6.85. The Morgan fingerprint density at radius 3 is 2.16 bits per heavy atom. The second kappa shape index (κ2) is 13.7. The number of nitrogens with one attached hydrogen (secondary N) is 2. The van der Waals surface area contributed by atoms with Crippen LogP contribution in [0.15, 0.2) is 48.7 Å². The first-order valence-electron chi connectivity index (χ1n) is 7.52. The van der Waals surface area contributed by atoms with Crippen molar-refractivity contribution < 1.29 is 4.79 Å². The smallest absolute Gasteiger partial charge is 0.283 e. The number of nitrogens with zero attached hydrogens (tertiary/aromatic N) is 2. The Labute approximate surface area is 167 Å². The number of halogens is 3. The molecule has 0 fully saturated rings. The minimum Gasteiger partial charge on any atom is -0.372 e. The van der Waals surface area contributed by atoms with Gasteiger partial charge in [0.15, 0.2) is 0 Å². The van der Waals surface area contributed by atoms with Crippen LogP contribution in [-0.2, 0) is 6.54 Å². The highest BCUT2D eigenvalue weighted by atomic mass is 35.5. The van der Waals surface area contributed by atoms with Crippen LogP contribution in [0.1, 0.15) is 29.9 Å². The maximum Gasteiger partial charge on any atom is 0.283 e. The zero-order chi connectivity index (χ0) is 15.8. The minimum absolute atomic E-state index is 0. The molecule has 8 heteroatoms. The van der Waals surface area contributed by atoms with Crippen LogP contribution in [0.2, 0.25) is 0 Å². The number of benzene rings is 1. The normalized spacial score (nSPS) is 9.04. The van der Waals surface area contributed by atoms with Crippen LogP contribution in [0.3, 0.4) is 0 Å². The molecule has 0 atom stereocenters. The molecule has 1 heterocycles. The molecular weight excluding hydrogens is 383 g/mol. The average Bonchev–Trinajstić information content (AvgIpc) is 2.58. The van der Waals surface area contributed by atoms with E-state index in [1.165, 1.54) is 5.69 Å². The lowest BCUT2D eigenvalue weighted by Gasteiger charge is -2.21. The molecule has 0 bridgehead atoms. The molecule has 2 rings (SSSR count). The van der Waals surface area contributed by atoms with Gasteiger partial charge >= 0.3 is 0 Å². The number of aromatic nitrogens is 1. The van der Waals surface area contributed by atoms with E-state index < -0.39 is 0 Å². The summed E-state index contributed by atoms with van der Waals surface area (Å²) in [4.78, 5) is 18.1. The number of carbonyl (C=O) groups excluding carboxylic acids is 1. The number of hydrazine groups is 1. The van der Waals surface area contributed by atoms with E-state index in [-0.39, 0.29) is 43.1 Å². The summed E-state index contributed by atoms with van der Waals surface area (Å²) in [5.74, 6) is -0.236. The standard InChI is InChI=1S/C17H22N4O.3ClH/c1-3-21(4-2)15-10-8-14(9-11-15)13-19-20-17(22)16-7-5-6-12-18-16;;;/h5-12,19H,3-4,13H2,1-2H3,(H,20,22);3*1H. The largest absolute Gasteiger partial charge is 0.372 e. The van der Waals surface area contributed by atoms with Crippen molar-refractivity contribution in [1.29, 1.82) is 0 Å². The number of amides is 1. The topological polar surface area (TPSA) is 57.3 Å². The second-order valence-electron chi connectivity index (χ2n) is 4.86. The van der Waals surface area contributed by atoms with Crippen molar-refractivity contribution in [2.45, 2.75) is 20.4 Å². The van der Waals surface area contributed by atoms with Gasteiger partial charge in [-0.2, -0.15) is 0 Å². The molecular formula is C17H25Cl3N4O. The summed E-state index contributed by atoms with van der Waals surface area (Å²) in [5.41, 5.74) is 8.29. The molecule has 0 radical (unpaired) electrons. The molecule has 1 amide bonds. The fourth-order valence-electron chi connectivity index (χ4n) is 2.20. The van der Waals surface area contributed by atoms with Gasteiger partial charge in [-0.05, 0) is 43.7 Å². The van der Waals surface area contributed by atoms with Gasteiger partial charge in [0.1, 0.15) is 5.69 Å². The van der Waals surface area contributed by atoms with Crippen LogP contribution in [0.4, 0.5) is 5.69 Å². The Kier molecular flexibility index (Phi) is 14.1. The van der Waals surface area contributed by atoms with Crippen molar-refractivity contribution in [3.05, 3.63) is 59.9 Å². The summed E-state index contributed by atoms with van der Waals surface area (Å²) in [7, 11) is 0. The molecule has 0 unspecified atom stereocenters. The van der Waals surface area contributed by atoms with Crippen LogP contribution in [0, 0.1) is 0 Å². The molecule has 25 heavy (non-hydrogen) atoms. The summed E-state index contributed by atoms with van der Waals surface area (Å²) >= 11 is 0. The van der Waals surface area contributed by atoms with Gasteiger partial charge in [0.05, 0.1) is 0 Å². The molecule has 1 aromatic carbocycles. The SMILES string of the molecule is CCN(CC)c1ccc(CNNC(=O)c2ccccn2)cc1.Cl.Cl.Cl. The van der Waals surface area contributed by atoms with Crippen molar-refractivity contribution in [2.75, 3.05) is 18.0 Å². The van der Waals surface area contributed by atoms with Gasteiger partial charge in [0, 0.05) is 31.5 Å². The van der Waals surface area contributed by atoms with Crippen LogP contribution in [0.5, 0.6) is 0 Å². The molecule has 2 aromatic rings. The molecule has 5 nitrogen and oxygen atoms in total. The molecule has 0 saturated heterocycles. The van der Waals surface area contributed by atoms with Crippen LogP contribution < -0.4 is 15.8 Å². The highest BCUT2D eigenvalue weighted by Crippen LogP contribution is 2.14. The van der Waals surface area contributed by atoms with E-state index in [9.17, 15) is 4.79 Å². The molecule has 1 aromatic heterocycles. The van der Waals surface area contributed by atoms with E-state index >= 15 is 0 Å². The molecule has 0 spiro atoms. The van der Waals surface area contributed by atoms with Crippen LogP contribution in [0.25, 0.3) is 0 Å². The van der Waals surface area contributed by atoms with Crippen molar-refractivity contribution in [3.8, 4) is 0 Å². The Bertz CT molecular complexity index is 593. The molecule has 0 aliphatic carbocycles. The van der Waals surface area contributed by atoms with Gasteiger partial charge in [-0.1, -0.05) is 18.2 Å². The van der Waals surface area contributed by atoms with Crippen molar-refractivity contribution in [2.24, 2.45) is 0 Å². The predicted octanol–water partition coefficient (Wildman–Crippen LogP) is 3.63. The maximum absolute atomic E-state index is 11.8. The minimum atomic E-state index is -0.236. The molecule has 0 saturated carbocycles. The third-order valence-corrected chi connectivity index (χ3v) is 3.46. The molecule has 0 aliphatic rings. The highest BCUT2D eigenvalue weighted by molar-refractivity contribution is 5.91. The van der Waals surface area contributed by atoms with E-state index in [1.54, 1.807) is 24.4 Å². The van der Waals surface area contributed by atoms with Crippen LogP contribution in [-0.4, -0.2) is 24.0 Å². The predicted molar refractivity (Wildman–Crippen MR) is 110 cm³/mol. The lowest BCUT2D eigenvalue weighted by molar-refractivity contribution is 0.0927. The van der Waals surface area contributed by atoms with Gasteiger partial charge in [-0.15, -0.1) is 37.2 Å². The number of anilines is 1. The zero-order valence-electron chi connectivity index (χ0n) is 14.3. The summed E-state index contributed by atoms with van der Waals surface area (Å²) < 4.78 is 0. The Balaban J connectivity index is 0. The monoisotopic (exact) mass is 406 g/mol. The Hall–Kier alpha value is -1.53. The molecule has 2 N–H and O–H groups in total. The summed E-state index contributed by atoms with van der Waals surface area (Å²) in [6.07, 6.45) is 1.60. The Morgan fingerprint density at radius 2 is 1.64 bits per heavy atom. The molecule has 140 valence electrons. The molecule has 0 aliphatic heterocycles. The first-order chi connectivity index (χ1) is 10.7. The first-order valence-corrected chi connectivity index (χ1v) is 7.52. The van der Waals surface area contributed by atoms with Gasteiger partial charge in [-0.25, -0.2) is 5.43 Å². The van der Waals surface area contributed by atoms with Gasteiger partial charge < -0.3 is 4.90 Å². The van der Waals surface area contributed by atoms with Crippen molar-refractivity contribution in [3.63, 3.8) is 0 Å². The third-order valence-electron chi connectivity index (χ3n) is 3.46. The quantitative estimate of drug-likeness (QED) is 0.688. The lowest BCUT2D eigenvalue weighted by Crippen LogP contribution is -2.37. The van der Waals surface area contributed by atoms with Crippen molar-refractivity contribution >= 4 is 48.8 Å². The van der Waals surface area contributed by atoms with Gasteiger partial charge in [0.25, 0.3) is 5.91 Å². The van der Waals surface area contributed by atoms with E-state index in [4.69, 9.17) is 0 Å². The second-order valence-corrected chi connectivity index (χ2v) is 4.86. The number of hydrogen-bond acceptors (Lipinski definition) is 4. The number of hydrogen-bond donors (Lipinski definition) is 2. The van der Waals surface area contributed by atoms with E-state index in [1.807, 2.05) is 0 Å². The van der Waals surface area contributed by atoms with E-state index in [2.05, 4.69) is 58.8 Å². The van der Waals surface area contributed by atoms with Crippen LogP contribution >= 0.6 is 37.2 Å². The summed E-state index contributed by atoms with van der Waals surface area (Å²) in [6, 6.07) is 13.6. The first kappa shape index (κ1) is 25.7. The van der Waals surface area contributed by atoms with Crippen molar-refractivity contribution in [1.82, 2.24) is 15.8 Å². The van der Waals surface area contributed by atoms with E-state index in [0.717, 1.165) is 18.7 Å². The third kappa shape index (κ3) is 7.92. The fourth-order valence-corrected chi connectivity index (χ4v) is 2.20.